The van der Waals surface area contributed by atoms with Crippen LogP contribution in [-0.4, -0.2) is 42.6 Å². The monoisotopic (exact) mass is 338 g/mol. The lowest BCUT2D eigenvalue weighted by atomic mass is 10.2. The lowest BCUT2D eigenvalue weighted by Crippen LogP contribution is -2.37. The van der Waals surface area contributed by atoms with Crippen LogP contribution >= 0.6 is 0 Å². The van der Waals surface area contributed by atoms with E-state index >= 15 is 0 Å². The summed E-state index contributed by atoms with van der Waals surface area (Å²) in [5, 5.41) is 4.07. The maximum Gasteiger partial charge on any atom is 0.272 e. The lowest BCUT2D eigenvalue weighted by Gasteiger charge is -2.22. The smallest absolute Gasteiger partial charge is 0.272 e. The number of benzene rings is 1. The molecule has 0 radical (unpaired) electrons. The molecular formula is C14H15FN4O3S. The first-order valence-electron chi connectivity index (χ1n) is 6.90. The third-order valence-electron chi connectivity index (χ3n) is 3.69. The summed E-state index contributed by atoms with van der Waals surface area (Å²) in [6, 6.07) is 5.03. The summed E-state index contributed by atoms with van der Waals surface area (Å²) in [7, 11) is -2.31. The number of rotatable bonds is 3. The van der Waals surface area contributed by atoms with Crippen molar-refractivity contribution in [1.82, 2.24) is 14.7 Å². The van der Waals surface area contributed by atoms with E-state index in [2.05, 4.69) is 9.82 Å². The summed E-state index contributed by atoms with van der Waals surface area (Å²) in [5.41, 5.74) is 0.668. The number of aromatic nitrogens is 2. The molecule has 1 N–H and O–H groups in total. The molecule has 0 spiro atoms. The van der Waals surface area contributed by atoms with E-state index < -0.39 is 15.8 Å². The van der Waals surface area contributed by atoms with E-state index in [0.29, 0.717) is 24.3 Å². The van der Waals surface area contributed by atoms with E-state index in [9.17, 15) is 17.6 Å². The van der Waals surface area contributed by atoms with Gasteiger partial charge in [0.1, 0.15) is 11.5 Å². The van der Waals surface area contributed by atoms with Gasteiger partial charge in [-0.05, 0) is 24.6 Å². The third-order valence-corrected chi connectivity index (χ3v) is 5.04. The van der Waals surface area contributed by atoms with E-state index in [-0.39, 0.29) is 16.6 Å². The molecule has 9 heteroatoms. The molecule has 1 amide bonds. The van der Waals surface area contributed by atoms with Gasteiger partial charge in [-0.3, -0.25) is 14.2 Å². The largest absolute Gasteiger partial charge is 0.339 e. The van der Waals surface area contributed by atoms with Crippen molar-refractivity contribution in [3.05, 3.63) is 41.3 Å². The molecule has 1 aromatic heterocycles. The molecule has 122 valence electrons. The minimum Gasteiger partial charge on any atom is -0.339 e. The lowest BCUT2D eigenvalue weighted by molar-refractivity contribution is 0.0743. The molecule has 23 heavy (non-hydrogen) atoms. The Morgan fingerprint density at radius 1 is 1.26 bits per heavy atom. The Morgan fingerprint density at radius 3 is 2.70 bits per heavy atom. The van der Waals surface area contributed by atoms with Crippen molar-refractivity contribution in [3.63, 3.8) is 0 Å². The van der Waals surface area contributed by atoms with Crippen molar-refractivity contribution in [2.45, 2.75) is 18.4 Å². The minimum atomic E-state index is -3.97. The predicted octanol–water partition coefficient (Wildman–Crippen LogP) is 1.22. The normalized spacial score (nSPS) is 14.7. The number of nitrogens with one attached hydrogen (secondary N) is 1. The number of likely N-dealkylation sites (N-methyl/N-ethyl adjacent to an activating group) is 1. The van der Waals surface area contributed by atoms with Gasteiger partial charge >= 0.3 is 0 Å². The van der Waals surface area contributed by atoms with Crippen LogP contribution in [0.1, 0.15) is 16.1 Å². The van der Waals surface area contributed by atoms with Crippen molar-refractivity contribution in [3.8, 4) is 0 Å². The number of halogens is 1. The summed E-state index contributed by atoms with van der Waals surface area (Å²) >= 11 is 0. The van der Waals surface area contributed by atoms with Gasteiger partial charge in [0.2, 0.25) is 0 Å². The fourth-order valence-electron chi connectivity index (χ4n) is 2.29. The molecule has 3 rings (SSSR count). The molecule has 1 aliphatic rings. The summed E-state index contributed by atoms with van der Waals surface area (Å²) in [4.78, 5) is 13.3. The molecular weight excluding hydrogens is 323 g/mol. The van der Waals surface area contributed by atoms with Gasteiger partial charge < -0.3 is 4.90 Å². The molecule has 0 saturated carbocycles. The molecule has 0 aliphatic carbocycles. The van der Waals surface area contributed by atoms with Gasteiger partial charge in [-0.1, -0.05) is 6.07 Å². The zero-order valence-corrected chi connectivity index (χ0v) is 13.4. The van der Waals surface area contributed by atoms with Crippen molar-refractivity contribution < 1.29 is 17.6 Å². The molecule has 7 nitrogen and oxygen atoms in total. The number of nitrogens with zero attached hydrogens (tertiary/aromatic N) is 3. The zero-order valence-electron chi connectivity index (χ0n) is 12.6. The van der Waals surface area contributed by atoms with Gasteiger partial charge in [0.25, 0.3) is 15.9 Å². The average Bonchev–Trinajstić information content (AvgIpc) is 2.88. The summed E-state index contributed by atoms with van der Waals surface area (Å²) in [5.74, 6) is -0.797. The number of aryl methyl sites for hydroxylation is 1. The Balaban J connectivity index is 1.91. The van der Waals surface area contributed by atoms with E-state index in [1.807, 2.05) is 0 Å². The molecule has 0 saturated heterocycles. The number of hydrogen-bond donors (Lipinski definition) is 1. The van der Waals surface area contributed by atoms with Gasteiger partial charge in [-0.25, -0.2) is 12.8 Å². The van der Waals surface area contributed by atoms with E-state index in [0.717, 1.165) is 6.07 Å². The van der Waals surface area contributed by atoms with Crippen molar-refractivity contribution in [1.29, 1.82) is 0 Å². The first kappa shape index (κ1) is 15.5. The second-order valence-electron chi connectivity index (χ2n) is 5.38. The van der Waals surface area contributed by atoms with Crippen LogP contribution in [0.15, 0.2) is 29.2 Å². The summed E-state index contributed by atoms with van der Waals surface area (Å²) in [6.07, 6.45) is 0. The van der Waals surface area contributed by atoms with Gasteiger partial charge in [0, 0.05) is 19.7 Å². The summed E-state index contributed by atoms with van der Waals surface area (Å²) < 4.78 is 41.9. The number of hydrogen-bond acceptors (Lipinski definition) is 4. The molecule has 2 aromatic rings. The molecule has 1 aliphatic heterocycles. The van der Waals surface area contributed by atoms with Crippen LogP contribution in [0.4, 0.5) is 10.2 Å². The molecule has 0 bridgehead atoms. The number of carbonyl (C=O) groups is 1. The maximum atomic E-state index is 13.6. The summed E-state index contributed by atoms with van der Waals surface area (Å²) in [6.45, 7) is 2.53. The van der Waals surface area contributed by atoms with Crippen LogP contribution in [0.25, 0.3) is 0 Å². The first-order chi connectivity index (χ1) is 10.8. The van der Waals surface area contributed by atoms with Crippen LogP contribution in [0.3, 0.4) is 0 Å². The number of sulfonamides is 1. The van der Waals surface area contributed by atoms with Crippen LogP contribution < -0.4 is 4.72 Å². The minimum absolute atomic E-state index is 0.0321. The SMILES string of the molecule is Cc1ccc(S(=O)(=O)Nc2cc3n(n2)CCN(C)C3=O)cc1F. The van der Waals surface area contributed by atoms with Gasteiger partial charge in [-0.15, -0.1) is 0 Å². The fraction of sp³-hybridized carbons (Fsp3) is 0.286. The second kappa shape index (κ2) is 5.34. The van der Waals surface area contributed by atoms with Gasteiger partial charge in [0.05, 0.1) is 11.4 Å². The van der Waals surface area contributed by atoms with Crippen molar-refractivity contribution in [2.24, 2.45) is 0 Å². The molecule has 2 heterocycles. The molecule has 0 fully saturated rings. The average molecular weight is 338 g/mol. The van der Waals surface area contributed by atoms with Crippen molar-refractivity contribution in [2.75, 3.05) is 18.3 Å². The van der Waals surface area contributed by atoms with Gasteiger partial charge in [0.15, 0.2) is 5.82 Å². The van der Waals surface area contributed by atoms with Crippen LogP contribution in [0.5, 0.6) is 0 Å². The zero-order chi connectivity index (χ0) is 16.8. The Morgan fingerprint density at radius 2 is 2.00 bits per heavy atom. The molecule has 1 aromatic carbocycles. The fourth-order valence-corrected chi connectivity index (χ4v) is 3.29. The third kappa shape index (κ3) is 2.79. The number of anilines is 1. The van der Waals surface area contributed by atoms with E-state index in [1.165, 1.54) is 27.8 Å². The highest BCUT2D eigenvalue weighted by Crippen LogP contribution is 2.20. The van der Waals surface area contributed by atoms with Crippen molar-refractivity contribution >= 4 is 21.7 Å². The predicted molar refractivity (Wildman–Crippen MR) is 81.1 cm³/mol. The van der Waals surface area contributed by atoms with Crippen LogP contribution in [-0.2, 0) is 16.6 Å². The Hall–Kier alpha value is -2.42. The van der Waals surface area contributed by atoms with Crippen LogP contribution in [0.2, 0.25) is 0 Å². The Labute approximate surface area is 132 Å². The maximum absolute atomic E-state index is 13.6. The van der Waals surface area contributed by atoms with Crippen LogP contribution in [0, 0.1) is 12.7 Å². The molecule has 0 unspecified atom stereocenters. The topological polar surface area (TPSA) is 84.3 Å². The Bertz CT molecular complexity index is 891. The highest BCUT2D eigenvalue weighted by molar-refractivity contribution is 7.92. The van der Waals surface area contributed by atoms with Gasteiger partial charge in [-0.2, -0.15) is 5.10 Å². The quantitative estimate of drug-likeness (QED) is 0.912. The first-order valence-corrected chi connectivity index (χ1v) is 8.38. The number of amides is 1. The molecule has 0 atom stereocenters. The highest BCUT2D eigenvalue weighted by atomic mass is 32.2. The highest BCUT2D eigenvalue weighted by Gasteiger charge is 2.25. The Kier molecular flexibility index (Phi) is 3.59. The second-order valence-corrected chi connectivity index (χ2v) is 7.06. The standard InChI is InChI=1S/C14H15FN4O3S/c1-9-3-4-10(7-11(9)15)23(21,22)17-13-8-12-14(20)18(2)5-6-19(12)16-13/h3-4,7-8H,5-6H2,1-2H3,(H,16,17). The van der Waals surface area contributed by atoms with E-state index in [4.69, 9.17) is 0 Å². The van der Waals surface area contributed by atoms with E-state index in [1.54, 1.807) is 14.0 Å². The number of carbonyl (C=O) groups excluding carboxylic acids is 1. The number of fused-ring (bicyclic) bond motifs is 1.